The summed E-state index contributed by atoms with van der Waals surface area (Å²) in [7, 11) is 0. The maximum absolute atomic E-state index is 13.7. The van der Waals surface area contributed by atoms with Crippen LogP contribution in [0.2, 0.25) is 5.02 Å². The van der Waals surface area contributed by atoms with Crippen LogP contribution in [-0.4, -0.2) is 18.3 Å². The Morgan fingerprint density at radius 3 is 2.94 bits per heavy atom. The Hall–Kier alpha value is -0.640. The summed E-state index contributed by atoms with van der Waals surface area (Å²) in [4.78, 5) is 0. The van der Waals surface area contributed by atoms with E-state index in [9.17, 15) is 9.50 Å². The largest absolute Gasteiger partial charge is 0.388 e. The topological polar surface area (TPSA) is 29.5 Å². The Kier molecular flexibility index (Phi) is 4.02. The molecule has 0 radical (unpaired) electrons. The second kappa shape index (κ2) is 5.34. The van der Waals surface area contributed by atoms with E-state index in [2.05, 4.69) is 0 Å². The Labute approximate surface area is 105 Å². The Morgan fingerprint density at radius 1 is 1.53 bits per heavy atom. The first-order valence-electron chi connectivity index (χ1n) is 5.81. The third-order valence-electron chi connectivity index (χ3n) is 3.41. The SMILES string of the molecule is CC1COCCC1C(O)c1c(F)cccc1Cl. The predicted molar refractivity (Wildman–Crippen MR) is 64.5 cm³/mol. The zero-order valence-electron chi connectivity index (χ0n) is 9.70. The summed E-state index contributed by atoms with van der Waals surface area (Å²) in [5.74, 6) is -0.240. The van der Waals surface area contributed by atoms with Crippen LogP contribution in [0.3, 0.4) is 0 Å². The lowest BCUT2D eigenvalue weighted by molar-refractivity contribution is -0.0319. The van der Waals surface area contributed by atoms with Gasteiger partial charge in [-0.1, -0.05) is 24.6 Å². The van der Waals surface area contributed by atoms with E-state index in [0.29, 0.717) is 13.2 Å². The highest BCUT2D eigenvalue weighted by atomic mass is 35.5. The van der Waals surface area contributed by atoms with Gasteiger partial charge < -0.3 is 9.84 Å². The van der Waals surface area contributed by atoms with Gasteiger partial charge in [0.1, 0.15) is 5.82 Å². The standard InChI is InChI=1S/C13H16ClFO2/c1-8-7-17-6-5-9(8)13(16)12-10(14)3-2-4-11(12)15/h2-4,8-9,13,16H,5-7H2,1H3. The monoisotopic (exact) mass is 258 g/mol. The first-order valence-corrected chi connectivity index (χ1v) is 6.18. The van der Waals surface area contributed by atoms with Gasteiger partial charge in [-0.15, -0.1) is 0 Å². The molecule has 1 aliphatic heterocycles. The zero-order chi connectivity index (χ0) is 12.4. The Balaban J connectivity index is 2.26. The summed E-state index contributed by atoms with van der Waals surface area (Å²) < 4.78 is 19.0. The lowest BCUT2D eigenvalue weighted by Crippen LogP contribution is -2.30. The molecule has 1 N–H and O–H groups in total. The van der Waals surface area contributed by atoms with Crippen molar-refractivity contribution in [1.82, 2.24) is 0 Å². The van der Waals surface area contributed by atoms with E-state index in [1.807, 2.05) is 6.92 Å². The number of hydrogen-bond acceptors (Lipinski definition) is 2. The van der Waals surface area contributed by atoms with Gasteiger partial charge in [0.2, 0.25) is 0 Å². The summed E-state index contributed by atoms with van der Waals surface area (Å²) in [6, 6.07) is 4.48. The normalized spacial score (nSPS) is 26.8. The second-order valence-corrected chi connectivity index (χ2v) is 4.99. The molecule has 0 aromatic heterocycles. The van der Waals surface area contributed by atoms with Crippen molar-refractivity contribution in [1.29, 1.82) is 0 Å². The lowest BCUT2D eigenvalue weighted by atomic mass is 9.82. The molecule has 3 unspecified atom stereocenters. The minimum absolute atomic E-state index is 0.00171. The summed E-state index contributed by atoms with van der Waals surface area (Å²) in [5, 5.41) is 10.6. The van der Waals surface area contributed by atoms with Gasteiger partial charge >= 0.3 is 0 Å². The highest BCUT2D eigenvalue weighted by molar-refractivity contribution is 6.31. The molecule has 1 aliphatic rings. The smallest absolute Gasteiger partial charge is 0.130 e. The van der Waals surface area contributed by atoms with Crippen LogP contribution < -0.4 is 0 Å². The lowest BCUT2D eigenvalue weighted by Gasteiger charge is -2.33. The van der Waals surface area contributed by atoms with Crippen molar-refractivity contribution < 1.29 is 14.2 Å². The van der Waals surface area contributed by atoms with E-state index >= 15 is 0 Å². The quantitative estimate of drug-likeness (QED) is 0.883. The van der Waals surface area contributed by atoms with Gasteiger partial charge in [-0.2, -0.15) is 0 Å². The van der Waals surface area contributed by atoms with E-state index in [0.717, 1.165) is 6.42 Å². The summed E-state index contributed by atoms with van der Waals surface area (Å²) in [6.07, 6.45) is -0.130. The average molecular weight is 259 g/mol. The van der Waals surface area contributed by atoms with Crippen molar-refractivity contribution in [2.24, 2.45) is 11.8 Å². The first-order chi connectivity index (χ1) is 8.11. The fraction of sp³-hybridized carbons (Fsp3) is 0.538. The number of hydrogen-bond donors (Lipinski definition) is 1. The molecule has 4 heteroatoms. The molecule has 2 rings (SSSR count). The molecule has 1 aromatic carbocycles. The Bertz CT molecular complexity index is 377. The van der Waals surface area contributed by atoms with Crippen LogP contribution >= 0.6 is 11.6 Å². The summed E-state index contributed by atoms with van der Waals surface area (Å²) in [5.41, 5.74) is 0.216. The van der Waals surface area contributed by atoms with Crippen LogP contribution in [-0.2, 0) is 4.74 Å². The molecule has 1 saturated heterocycles. The van der Waals surface area contributed by atoms with Gasteiger partial charge in [0.25, 0.3) is 0 Å². The molecule has 0 spiro atoms. The minimum atomic E-state index is -0.859. The van der Waals surface area contributed by atoms with Crippen LogP contribution in [0, 0.1) is 17.7 Å². The third kappa shape index (κ3) is 2.62. The van der Waals surface area contributed by atoms with E-state index in [1.165, 1.54) is 6.07 Å². The van der Waals surface area contributed by atoms with E-state index < -0.39 is 11.9 Å². The van der Waals surface area contributed by atoms with E-state index in [1.54, 1.807) is 12.1 Å². The minimum Gasteiger partial charge on any atom is -0.388 e. The van der Waals surface area contributed by atoms with Gasteiger partial charge in [-0.3, -0.25) is 0 Å². The number of benzene rings is 1. The van der Waals surface area contributed by atoms with Gasteiger partial charge in [-0.25, -0.2) is 4.39 Å². The highest BCUT2D eigenvalue weighted by Gasteiger charge is 2.32. The molecule has 0 saturated carbocycles. The van der Waals surface area contributed by atoms with Crippen molar-refractivity contribution in [3.8, 4) is 0 Å². The number of aliphatic hydroxyl groups is 1. The molecule has 1 heterocycles. The van der Waals surface area contributed by atoms with Crippen molar-refractivity contribution in [3.05, 3.63) is 34.6 Å². The fourth-order valence-electron chi connectivity index (χ4n) is 2.37. The molecule has 1 fully saturated rings. The maximum atomic E-state index is 13.7. The third-order valence-corrected chi connectivity index (χ3v) is 3.74. The predicted octanol–water partition coefficient (Wildman–Crippen LogP) is 3.19. The Morgan fingerprint density at radius 2 is 2.29 bits per heavy atom. The second-order valence-electron chi connectivity index (χ2n) is 4.58. The van der Waals surface area contributed by atoms with Crippen LogP contribution in [0.5, 0.6) is 0 Å². The average Bonchev–Trinajstić information content (AvgIpc) is 2.29. The molecular formula is C13H16ClFO2. The molecule has 94 valence electrons. The number of rotatable bonds is 2. The first kappa shape index (κ1) is 12.8. The van der Waals surface area contributed by atoms with Crippen molar-refractivity contribution in [2.45, 2.75) is 19.4 Å². The van der Waals surface area contributed by atoms with Gasteiger partial charge in [0.05, 0.1) is 6.10 Å². The highest BCUT2D eigenvalue weighted by Crippen LogP contribution is 2.37. The summed E-state index contributed by atoms with van der Waals surface area (Å²) >= 11 is 5.96. The van der Waals surface area contributed by atoms with Crippen LogP contribution in [0.15, 0.2) is 18.2 Å². The molecule has 1 aromatic rings. The maximum Gasteiger partial charge on any atom is 0.130 e. The fourth-order valence-corrected chi connectivity index (χ4v) is 2.65. The van der Waals surface area contributed by atoms with Crippen LogP contribution in [0.25, 0.3) is 0 Å². The molecule has 0 amide bonds. The van der Waals surface area contributed by atoms with Crippen LogP contribution in [0.4, 0.5) is 4.39 Å². The number of ether oxygens (including phenoxy) is 1. The van der Waals surface area contributed by atoms with E-state index in [-0.39, 0.29) is 22.4 Å². The van der Waals surface area contributed by atoms with Crippen LogP contribution in [0.1, 0.15) is 25.0 Å². The molecule has 2 nitrogen and oxygen atoms in total. The molecule has 3 atom stereocenters. The molecule has 0 aliphatic carbocycles. The molecule has 0 bridgehead atoms. The van der Waals surface area contributed by atoms with Gasteiger partial charge in [-0.05, 0) is 30.4 Å². The van der Waals surface area contributed by atoms with Crippen molar-refractivity contribution >= 4 is 11.6 Å². The van der Waals surface area contributed by atoms with Crippen molar-refractivity contribution in [2.75, 3.05) is 13.2 Å². The number of halogens is 2. The van der Waals surface area contributed by atoms with Gasteiger partial charge in [0, 0.05) is 23.8 Å². The molecule has 17 heavy (non-hydrogen) atoms. The van der Waals surface area contributed by atoms with Crippen molar-refractivity contribution in [3.63, 3.8) is 0 Å². The van der Waals surface area contributed by atoms with Gasteiger partial charge in [0.15, 0.2) is 0 Å². The van der Waals surface area contributed by atoms with E-state index in [4.69, 9.17) is 16.3 Å². The molecular weight excluding hydrogens is 243 g/mol. The zero-order valence-corrected chi connectivity index (χ0v) is 10.5. The summed E-state index contributed by atoms with van der Waals surface area (Å²) in [6.45, 7) is 3.22. The number of aliphatic hydroxyl groups excluding tert-OH is 1.